The number of rotatable bonds is 5. The molecule has 0 atom stereocenters. The Morgan fingerprint density at radius 3 is 2.74 bits per heavy atom. The van der Waals surface area contributed by atoms with Gasteiger partial charge in [0.25, 0.3) is 0 Å². The molecule has 2 aromatic heterocycles. The molecule has 3 rings (SSSR count). The average molecular weight is 394 g/mol. The average Bonchev–Trinajstić information content (AvgIpc) is 3.03. The normalized spacial score (nSPS) is 11.5. The number of aromatic nitrogens is 4. The molecule has 0 amide bonds. The summed E-state index contributed by atoms with van der Waals surface area (Å²) in [5.74, 6) is 0. The summed E-state index contributed by atoms with van der Waals surface area (Å²) in [5, 5.41) is 7.92. The van der Waals surface area contributed by atoms with Gasteiger partial charge >= 0.3 is 0 Å². The molecule has 0 unspecified atom stereocenters. The Labute approximate surface area is 141 Å². The molecule has 3 aromatic rings. The standard InChI is InChI=1S/C14H12BrN5O2S/c15-13-5-1-2-6-14(13)23(21,22)17-8-11-10-20(19-18-11)12-4-3-7-16-9-12/h1-7,9-10,17H,8H2. The first-order valence-electron chi connectivity index (χ1n) is 6.62. The van der Waals surface area contributed by atoms with Gasteiger partial charge in [-0.25, -0.2) is 17.8 Å². The first kappa shape index (κ1) is 15.8. The van der Waals surface area contributed by atoms with Crippen LogP contribution in [0.25, 0.3) is 5.69 Å². The van der Waals surface area contributed by atoms with E-state index < -0.39 is 10.0 Å². The maximum absolute atomic E-state index is 12.3. The molecule has 0 aliphatic rings. The van der Waals surface area contributed by atoms with Crippen molar-refractivity contribution in [3.63, 3.8) is 0 Å². The van der Waals surface area contributed by atoms with Gasteiger partial charge in [0.2, 0.25) is 10.0 Å². The molecule has 23 heavy (non-hydrogen) atoms. The van der Waals surface area contributed by atoms with Crippen molar-refractivity contribution in [1.29, 1.82) is 0 Å². The Morgan fingerprint density at radius 1 is 1.17 bits per heavy atom. The summed E-state index contributed by atoms with van der Waals surface area (Å²) in [5.41, 5.74) is 1.25. The summed E-state index contributed by atoms with van der Waals surface area (Å²) >= 11 is 3.23. The van der Waals surface area contributed by atoms with E-state index in [2.05, 4.69) is 35.9 Å². The van der Waals surface area contributed by atoms with Crippen molar-refractivity contribution >= 4 is 26.0 Å². The van der Waals surface area contributed by atoms with Gasteiger partial charge < -0.3 is 0 Å². The van der Waals surface area contributed by atoms with Crippen LogP contribution in [0.5, 0.6) is 0 Å². The van der Waals surface area contributed by atoms with Gasteiger partial charge in [-0.05, 0) is 40.2 Å². The van der Waals surface area contributed by atoms with Gasteiger partial charge in [0, 0.05) is 10.7 Å². The minimum atomic E-state index is -3.63. The molecular weight excluding hydrogens is 382 g/mol. The Hall–Kier alpha value is -2.10. The van der Waals surface area contributed by atoms with Crippen LogP contribution < -0.4 is 4.72 Å². The third kappa shape index (κ3) is 3.63. The van der Waals surface area contributed by atoms with E-state index in [-0.39, 0.29) is 11.4 Å². The SMILES string of the molecule is O=S(=O)(NCc1cn(-c2cccnc2)nn1)c1ccccc1Br. The fourth-order valence-corrected chi connectivity index (χ4v) is 3.90. The lowest BCUT2D eigenvalue weighted by atomic mass is 10.4. The van der Waals surface area contributed by atoms with Crippen LogP contribution in [-0.4, -0.2) is 28.4 Å². The van der Waals surface area contributed by atoms with Crippen molar-refractivity contribution in [2.45, 2.75) is 11.4 Å². The van der Waals surface area contributed by atoms with E-state index in [1.807, 2.05) is 6.07 Å². The first-order valence-corrected chi connectivity index (χ1v) is 8.90. The van der Waals surface area contributed by atoms with Gasteiger partial charge in [-0.15, -0.1) is 5.10 Å². The maximum Gasteiger partial charge on any atom is 0.242 e. The summed E-state index contributed by atoms with van der Waals surface area (Å²) in [6.45, 7) is 0.0456. The largest absolute Gasteiger partial charge is 0.262 e. The lowest BCUT2D eigenvalue weighted by Crippen LogP contribution is -2.23. The van der Waals surface area contributed by atoms with Gasteiger partial charge in [0.15, 0.2) is 0 Å². The van der Waals surface area contributed by atoms with Crippen molar-refractivity contribution in [2.75, 3.05) is 0 Å². The van der Waals surface area contributed by atoms with E-state index in [0.29, 0.717) is 10.2 Å². The van der Waals surface area contributed by atoms with Crippen molar-refractivity contribution in [3.05, 3.63) is 65.2 Å². The monoisotopic (exact) mass is 393 g/mol. The summed E-state index contributed by atoms with van der Waals surface area (Å²) in [4.78, 5) is 4.18. The number of hydrogen-bond donors (Lipinski definition) is 1. The highest BCUT2D eigenvalue weighted by Gasteiger charge is 2.17. The number of nitrogens with one attached hydrogen (secondary N) is 1. The van der Waals surface area contributed by atoms with Gasteiger partial charge in [0.1, 0.15) is 0 Å². The van der Waals surface area contributed by atoms with Gasteiger partial charge in [-0.3, -0.25) is 4.98 Å². The van der Waals surface area contributed by atoms with E-state index in [9.17, 15) is 8.42 Å². The van der Waals surface area contributed by atoms with Crippen molar-refractivity contribution in [1.82, 2.24) is 24.7 Å². The molecule has 7 nitrogen and oxygen atoms in total. The summed E-state index contributed by atoms with van der Waals surface area (Å²) in [6, 6.07) is 10.2. The third-order valence-corrected chi connectivity index (χ3v) is 5.43. The van der Waals surface area contributed by atoms with Crippen molar-refractivity contribution in [2.24, 2.45) is 0 Å². The molecule has 2 heterocycles. The smallest absolute Gasteiger partial charge is 0.242 e. The predicted octanol–water partition coefficient (Wildman–Crippen LogP) is 1.90. The van der Waals surface area contributed by atoms with Crippen LogP contribution in [0.4, 0.5) is 0 Å². The molecule has 0 saturated carbocycles. The number of nitrogens with zero attached hydrogens (tertiary/aromatic N) is 4. The highest BCUT2D eigenvalue weighted by atomic mass is 79.9. The fourth-order valence-electron chi connectivity index (χ4n) is 1.90. The molecule has 0 aliphatic heterocycles. The number of pyridine rings is 1. The Balaban J connectivity index is 1.74. The molecule has 118 valence electrons. The Kier molecular flexibility index (Phi) is 4.51. The second kappa shape index (κ2) is 6.57. The zero-order chi connectivity index (χ0) is 16.3. The molecule has 0 aliphatic carbocycles. The van der Waals surface area contributed by atoms with Crippen LogP contribution in [0.3, 0.4) is 0 Å². The molecule has 0 fully saturated rings. The first-order chi connectivity index (χ1) is 11.1. The Bertz CT molecular complexity index is 912. The second-order valence-electron chi connectivity index (χ2n) is 4.62. The van der Waals surface area contributed by atoms with Gasteiger partial charge in [0.05, 0.1) is 35.2 Å². The second-order valence-corrected chi connectivity index (χ2v) is 7.21. The summed E-state index contributed by atoms with van der Waals surface area (Å²) in [7, 11) is -3.63. The molecule has 0 spiro atoms. The van der Waals surface area contributed by atoms with Gasteiger partial charge in [-0.2, -0.15) is 0 Å². The number of halogens is 1. The number of sulfonamides is 1. The lowest BCUT2D eigenvalue weighted by Gasteiger charge is -2.06. The minimum Gasteiger partial charge on any atom is -0.262 e. The topological polar surface area (TPSA) is 89.8 Å². The zero-order valence-corrected chi connectivity index (χ0v) is 14.2. The van der Waals surface area contributed by atoms with E-state index in [1.54, 1.807) is 42.9 Å². The molecule has 9 heteroatoms. The molecule has 1 N–H and O–H groups in total. The van der Waals surface area contributed by atoms with Crippen LogP contribution in [-0.2, 0) is 16.6 Å². The predicted molar refractivity (Wildman–Crippen MR) is 87.3 cm³/mol. The van der Waals surface area contributed by atoms with Crippen molar-refractivity contribution < 1.29 is 8.42 Å². The summed E-state index contributed by atoms with van der Waals surface area (Å²) < 4.78 is 29.1. The molecule has 0 saturated heterocycles. The minimum absolute atomic E-state index is 0.0456. The highest BCUT2D eigenvalue weighted by Crippen LogP contribution is 2.21. The third-order valence-electron chi connectivity index (χ3n) is 3.02. The summed E-state index contributed by atoms with van der Waals surface area (Å²) in [6.07, 6.45) is 4.95. The highest BCUT2D eigenvalue weighted by molar-refractivity contribution is 9.10. The maximum atomic E-state index is 12.3. The van der Waals surface area contributed by atoms with Crippen LogP contribution >= 0.6 is 15.9 Å². The van der Waals surface area contributed by atoms with Crippen LogP contribution in [0.2, 0.25) is 0 Å². The van der Waals surface area contributed by atoms with Crippen molar-refractivity contribution in [3.8, 4) is 5.69 Å². The van der Waals surface area contributed by atoms with Gasteiger partial charge in [-0.1, -0.05) is 17.3 Å². The zero-order valence-electron chi connectivity index (χ0n) is 11.8. The fraction of sp³-hybridized carbons (Fsp3) is 0.0714. The lowest BCUT2D eigenvalue weighted by molar-refractivity contribution is 0.580. The van der Waals surface area contributed by atoms with Crippen LogP contribution in [0, 0.1) is 0 Å². The van der Waals surface area contributed by atoms with E-state index in [1.165, 1.54) is 10.7 Å². The number of hydrogen-bond acceptors (Lipinski definition) is 5. The Morgan fingerprint density at radius 2 is 2.00 bits per heavy atom. The van der Waals surface area contributed by atoms with Crippen LogP contribution in [0.15, 0.2) is 64.4 Å². The molecule has 0 bridgehead atoms. The molecule has 0 radical (unpaired) electrons. The quantitative estimate of drug-likeness (QED) is 0.714. The van der Waals surface area contributed by atoms with E-state index in [4.69, 9.17) is 0 Å². The molecule has 1 aromatic carbocycles. The molecular formula is C14H12BrN5O2S. The van der Waals surface area contributed by atoms with E-state index in [0.717, 1.165) is 5.69 Å². The number of benzene rings is 1. The van der Waals surface area contributed by atoms with Crippen LogP contribution in [0.1, 0.15) is 5.69 Å². The van der Waals surface area contributed by atoms with E-state index >= 15 is 0 Å².